The Morgan fingerprint density at radius 1 is 1.21 bits per heavy atom. The average molecular weight is 272 g/mol. The molecule has 0 spiro atoms. The van der Waals surface area contributed by atoms with Crippen LogP contribution in [0.3, 0.4) is 0 Å². The molecular weight excluding hydrogens is 256 g/mol. The molecule has 3 rings (SSSR count). The molecule has 1 aromatic heterocycles. The van der Waals surface area contributed by atoms with Gasteiger partial charge >= 0.3 is 0 Å². The average Bonchev–Trinajstić information content (AvgIpc) is 2.98. The number of thiazole rings is 1. The van der Waals surface area contributed by atoms with E-state index in [9.17, 15) is 4.79 Å². The molecule has 2 heterocycles. The quantitative estimate of drug-likeness (QED) is 0.874. The summed E-state index contributed by atoms with van der Waals surface area (Å²) in [4.78, 5) is 17.8. The van der Waals surface area contributed by atoms with Crippen LogP contribution in [0, 0.1) is 0 Å². The van der Waals surface area contributed by atoms with Crippen LogP contribution in [0.1, 0.15) is 39.0 Å². The number of carbonyl (C=O) groups is 1. The second kappa shape index (κ2) is 5.63. The first kappa shape index (κ1) is 12.5. The number of hydrogen-bond donors (Lipinski definition) is 1. The zero-order chi connectivity index (χ0) is 13.1. The van der Waals surface area contributed by atoms with Crippen LogP contribution < -0.4 is 5.32 Å². The summed E-state index contributed by atoms with van der Waals surface area (Å²) >= 11 is 1.55. The van der Waals surface area contributed by atoms with Gasteiger partial charge in [-0.05, 0) is 31.8 Å². The van der Waals surface area contributed by atoms with Gasteiger partial charge in [-0.2, -0.15) is 0 Å². The Balaban J connectivity index is 1.79. The molecule has 3 nitrogen and oxygen atoms in total. The lowest BCUT2D eigenvalue weighted by molar-refractivity contribution is 0.103. The van der Waals surface area contributed by atoms with Gasteiger partial charge in [0.2, 0.25) is 5.78 Å². The lowest BCUT2D eigenvalue weighted by Gasteiger charge is -2.20. The first-order valence-electron chi connectivity index (χ1n) is 6.61. The minimum absolute atomic E-state index is 0.0331. The number of benzene rings is 1. The minimum atomic E-state index is 0.0331. The summed E-state index contributed by atoms with van der Waals surface area (Å²) in [6.07, 6.45) is 4.17. The third-order valence-electron chi connectivity index (χ3n) is 3.50. The molecule has 0 radical (unpaired) electrons. The molecule has 0 amide bonds. The summed E-state index contributed by atoms with van der Waals surface area (Å²) in [7, 11) is 0. The highest BCUT2D eigenvalue weighted by Crippen LogP contribution is 2.30. The van der Waals surface area contributed by atoms with Gasteiger partial charge in [-0.3, -0.25) is 4.79 Å². The SMILES string of the molecule is O=C(c1ccccc1)c1ncc(C2CCNCC2)s1. The largest absolute Gasteiger partial charge is 0.317 e. The van der Waals surface area contributed by atoms with Crippen LogP contribution in [0.4, 0.5) is 0 Å². The zero-order valence-corrected chi connectivity index (χ0v) is 11.5. The third kappa shape index (κ3) is 2.74. The van der Waals surface area contributed by atoms with Crippen LogP contribution in [0.2, 0.25) is 0 Å². The third-order valence-corrected chi connectivity index (χ3v) is 4.65. The molecule has 2 aromatic rings. The van der Waals surface area contributed by atoms with Crippen LogP contribution in [0.15, 0.2) is 36.5 Å². The molecule has 0 bridgehead atoms. The van der Waals surface area contributed by atoms with Crippen LogP contribution in [0.5, 0.6) is 0 Å². The first-order chi connectivity index (χ1) is 9.34. The highest BCUT2D eigenvalue weighted by Gasteiger charge is 2.20. The van der Waals surface area contributed by atoms with E-state index >= 15 is 0 Å². The molecule has 1 N–H and O–H groups in total. The van der Waals surface area contributed by atoms with Gasteiger partial charge in [-0.25, -0.2) is 4.98 Å². The first-order valence-corrected chi connectivity index (χ1v) is 7.42. The number of nitrogens with one attached hydrogen (secondary N) is 1. The Morgan fingerprint density at radius 2 is 1.95 bits per heavy atom. The van der Waals surface area contributed by atoms with Crippen molar-refractivity contribution >= 4 is 17.1 Å². The predicted octanol–water partition coefficient (Wildman–Crippen LogP) is 2.84. The topological polar surface area (TPSA) is 42.0 Å². The van der Waals surface area contributed by atoms with Gasteiger partial charge in [0.05, 0.1) is 0 Å². The van der Waals surface area contributed by atoms with Crippen molar-refractivity contribution in [2.75, 3.05) is 13.1 Å². The van der Waals surface area contributed by atoms with Crippen molar-refractivity contribution in [3.8, 4) is 0 Å². The summed E-state index contributed by atoms with van der Waals surface area (Å²) in [5.74, 6) is 0.599. The smallest absolute Gasteiger partial charge is 0.221 e. The Morgan fingerprint density at radius 3 is 2.68 bits per heavy atom. The van der Waals surface area contributed by atoms with E-state index in [1.54, 1.807) is 11.3 Å². The van der Waals surface area contributed by atoms with Gasteiger partial charge in [0.1, 0.15) is 0 Å². The molecule has 4 heteroatoms. The van der Waals surface area contributed by atoms with E-state index < -0.39 is 0 Å². The van der Waals surface area contributed by atoms with Crippen molar-refractivity contribution in [1.82, 2.24) is 10.3 Å². The van der Waals surface area contributed by atoms with Crippen LogP contribution in [0.25, 0.3) is 0 Å². The van der Waals surface area contributed by atoms with Gasteiger partial charge in [-0.15, -0.1) is 11.3 Å². The summed E-state index contributed by atoms with van der Waals surface area (Å²) in [6.45, 7) is 2.12. The molecule has 1 aliphatic rings. The number of aromatic nitrogens is 1. The highest BCUT2D eigenvalue weighted by atomic mass is 32.1. The number of piperidine rings is 1. The molecule has 0 aliphatic carbocycles. The van der Waals surface area contributed by atoms with E-state index in [0.717, 1.165) is 25.9 Å². The molecule has 0 atom stereocenters. The fourth-order valence-corrected chi connectivity index (χ4v) is 3.45. The van der Waals surface area contributed by atoms with E-state index in [2.05, 4.69) is 10.3 Å². The summed E-state index contributed by atoms with van der Waals surface area (Å²) in [5, 5.41) is 3.97. The van der Waals surface area contributed by atoms with Gasteiger partial charge in [0.15, 0.2) is 5.01 Å². The normalized spacial score (nSPS) is 16.4. The second-order valence-corrected chi connectivity index (χ2v) is 5.85. The van der Waals surface area contributed by atoms with Gasteiger partial charge in [0, 0.05) is 16.6 Å². The predicted molar refractivity (Wildman–Crippen MR) is 76.8 cm³/mol. The van der Waals surface area contributed by atoms with Gasteiger partial charge in [0.25, 0.3) is 0 Å². The lowest BCUT2D eigenvalue weighted by atomic mass is 9.97. The monoisotopic (exact) mass is 272 g/mol. The standard InChI is InChI=1S/C15H16N2OS/c18-14(12-4-2-1-3-5-12)15-17-10-13(19-15)11-6-8-16-9-7-11/h1-5,10-11,16H,6-9H2. The number of nitrogens with zero attached hydrogens (tertiary/aromatic N) is 1. The molecule has 1 aliphatic heterocycles. The van der Waals surface area contributed by atoms with E-state index in [0.29, 0.717) is 16.5 Å². The van der Waals surface area contributed by atoms with Gasteiger partial charge in [-0.1, -0.05) is 30.3 Å². The molecular formula is C15H16N2OS. The Hall–Kier alpha value is -1.52. The molecule has 19 heavy (non-hydrogen) atoms. The molecule has 1 fully saturated rings. The zero-order valence-electron chi connectivity index (χ0n) is 10.6. The van der Waals surface area contributed by atoms with Crippen LogP contribution in [-0.4, -0.2) is 23.9 Å². The van der Waals surface area contributed by atoms with Crippen molar-refractivity contribution in [3.63, 3.8) is 0 Å². The molecule has 1 aromatic carbocycles. The van der Waals surface area contributed by atoms with Crippen molar-refractivity contribution in [2.45, 2.75) is 18.8 Å². The van der Waals surface area contributed by atoms with Crippen LogP contribution >= 0.6 is 11.3 Å². The maximum Gasteiger partial charge on any atom is 0.221 e. The summed E-state index contributed by atoms with van der Waals surface area (Å²) < 4.78 is 0. The van der Waals surface area contributed by atoms with Crippen molar-refractivity contribution in [3.05, 3.63) is 52.0 Å². The Kier molecular flexibility index (Phi) is 3.71. The molecule has 98 valence electrons. The van der Waals surface area contributed by atoms with Crippen molar-refractivity contribution < 1.29 is 4.79 Å². The van der Waals surface area contributed by atoms with Crippen molar-refractivity contribution in [2.24, 2.45) is 0 Å². The molecule has 0 saturated carbocycles. The number of hydrogen-bond acceptors (Lipinski definition) is 4. The maximum atomic E-state index is 12.3. The number of ketones is 1. The van der Waals surface area contributed by atoms with Crippen LogP contribution in [-0.2, 0) is 0 Å². The highest BCUT2D eigenvalue weighted by molar-refractivity contribution is 7.13. The summed E-state index contributed by atoms with van der Waals surface area (Å²) in [5.41, 5.74) is 0.716. The Labute approximate surface area is 116 Å². The fraction of sp³-hybridized carbons (Fsp3) is 0.333. The summed E-state index contributed by atoms with van der Waals surface area (Å²) in [6, 6.07) is 9.37. The molecule has 0 unspecified atom stereocenters. The fourth-order valence-electron chi connectivity index (χ4n) is 2.40. The molecule has 1 saturated heterocycles. The van der Waals surface area contributed by atoms with Gasteiger partial charge < -0.3 is 5.32 Å². The second-order valence-electron chi connectivity index (χ2n) is 4.79. The van der Waals surface area contributed by atoms with E-state index in [1.807, 2.05) is 36.5 Å². The number of rotatable bonds is 3. The van der Waals surface area contributed by atoms with Crippen molar-refractivity contribution in [1.29, 1.82) is 0 Å². The number of carbonyl (C=O) groups excluding carboxylic acids is 1. The minimum Gasteiger partial charge on any atom is -0.317 e. The van der Waals surface area contributed by atoms with E-state index in [-0.39, 0.29) is 5.78 Å². The lowest BCUT2D eigenvalue weighted by Crippen LogP contribution is -2.26. The maximum absolute atomic E-state index is 12.3. The van der Waals surface area contributed by atoms with E-state index in [4.69, 9.17) is 0 Å². The van der Waals surface area contributed by atoms with E-state index in [1.165, 1.54) is 4.88 Å². The Bertz CT molecular complexity index is 559.